The van der Waals surface area contributed by atoms with Crippen molar-refractivity contribution in [2.75, 3.05) is 32.8 Å². The van der Waals surface area contributed by atoms with Crippen LogP contribution in [0.1, 0.15) is 33.6 Å². The van der Waals surface area contributed by atoms with Crippen LogP contribution in [0.15, 0.2) is 28.8 Å². The zero-order valence-electron chi connectivity index (χ0n) is 16.6. The fourth-order valence-corrected chi connectivity index (χ4v) is 3.08. The number of piperazine rings is 1. The Hall–Kier alpha value is -2.41. The first-order chi connectivity index (χ1) is 12.9. The zero-order chi connectivity index (χ0) is 19.4. The van der Waals surface area contributed by atoms with Crippen molar-refractivity contribution in [3.05, 3.63) is 30.2 Å². The van der Waals surface area contributed by atoms with Crippen LogP contribution in [0, 0.1) is 5.41 Å². The van der Waals surface area contributed by atoms with E-state index in [1.54, 1.807) is 0 Å². The molecule has 0 atom stereocenters. The molecular weight excluding hydrogens is 344 g/mol. The fraction of sp³-hybridized carbons (Fsp3) is 0.550. The molecule has 7 heteroatoms. The van der Waals surface area contributed by atoms with E-state index in [0.29, 0.717) is 24.9 Å². The SMILES string of the molecule is CCOc1ccc(-c2noc(CN3CCN(C(=O)C(C)(C)C)CC3)n2)cc1. The topological polar surface area (TPSA) is 71.7 Å². The van der Waals surface area contributed by atoms with E-state index >= 15 is 0 Å². The van der Waals surface area contributed by atoms with Gasteiger partial charge < -0.3 is 14.2 Å². The summed E-state index contributed by atoms with van der Waals surface area (Å²) >= 11 is 0. The van der Waals surface area contributed by atoms with Gasteiger partial charge in [-0.3, -0.25) is 9.69 Å². The summed E-state index contributed by atoms with van der Waals surface area (Å²) in [7, 11) is 0. The summed E-state index contributed by atoms with van der Waals surface area (Å²) in [5.74, 6) is 2.20. The molecule has 0 spiro atoms. The molecule has 1 aromatic heterocycles. The van der Waals surface area contributed by atoms with E-state index in [1.165, 1.54) is 0 Å². The van der Waals surface area contributed by atoms with Gasteiger partial charge in [-0.05, 0) is 31.2 Å². The van der Waals surface area contributed by atoms with Crippen molar-refractivity contribution < 1.29 is 14.1 Å². The number of hydrogen-bond donors (Lipinski definition) is 0. The summed E-state index contributed by atoms with van der Waals surface area (Å²) in [6.45, 7) is 12.2. The summed E-state index contributed by atoms with van der Waals surface area (Å²) in [6, 6.07) is 7.66. The van der Waals surface area contributed by atoms with Gasteiger partial charge in [0.25, 0.3) is 0 Å². The Morgan fingerprint density at radius 3 is 2.41 bits per heavy atom. The summed E-state index contributed by atoms with van der Waals surface area (Å²) in [4.78, 5) is 21.0. The molecule has 7 nitrogen and oxygen atoms in total. The lowest BCUT2D eigenvalue weighted by molar-refractivity contribution is -0.141. The minimum absolute atomic E-state index is 0.206. The molecule has 146 valence electrons. The van der Waals surface area contributed by atoms with Gasteiger partial charge in [-0.15, -0.1) is 0 Å². The second-order valence-electron chi connectivity index (χ2n) is 7.79. The monoisotopic (exact) mass is 372 g/mol. The molecule has 0 unspecified atom stereocenters. The van der Waals surface area contributed by atoms with Crippen LogP contribution in [0.3, 0.4) is 0 Å². The number of aromatic nitrogens is 2. The number of carbonyl (C=O) groups excluding carboxylic acids is 1. The number of nitrogens with zero attached hydrogens (tertiary/aromatic N) is 4. The van der Waals surface area contributed by atoms with E-state index in [4.69, 9.17) is 9.26 Å². The average molecular weight is 372 g/mol. The van der Waals surface area contributed by atoms with Crippen molar-refractivity contribution in [2.24, 2.45) is 5.41 Å². The highest BCUT2D eigenvalue weighted by molar-refractivity contribution is 5.81. The van der Waals surface area contributed by atoms with Gasteiger partial charge in [-0.25, -0.2) is 0 Å². The van der Waals surface area contributed by atoms with Crippen molar-refractivity contribution in [1.82, 2.24) is 19.9 Å². The van der Waals surface area contributed by atoms with Gasteiger partial charge in [-0.1, -0.05) is 25.9 Å². The van der Waals surface area contributed by atoms with Crippen molar-refractivity contribution in [3.8, 4) is 17.1 Å². The Bertz CT molecular complexity index is 756. The van der Waals surface area contributed by atoms with Crippen molar-refractivity contribution in [2.45, 2.75) is 34.2 Å². The first-order valence-corrected chi connectivity index (χ1v) is 9.44. The molecule has 0 bridgehead atoms. The number of amides is 1. The average Bonchev–Trinajstić information content (AvgIpc) is 3.10. The Morgan fingerprint density at radius 2 is 1.81 bits per heavy atom. The second-order valence-corrected chi connectivity index (χ2v) is 7.79. The highest BCUT2D eigenvalue weighted by Crippen LogP contribution is 2.21. The summed E-state index contributed by atoms with van der Waals surface area (Å²) in [5.41, 5.74) is 0.565. The molecule has 27 heavy (non-hydrogen) atoms. The van der Waals surface area contributed by atoms with Crippen LogP contribution >= 0.6 is 0 Å². The molecule has 2 aromatic rings. The fourth-order valence-electron chi connectivity index (χ4n) is 3.08. The van der Waals surface area contributed by atoms with Crippen LogP contribution in [0.4, 0.5) is 0 Å². The zero-order valence-corrected chi connectivity index (χ0v) is 16.6. The van der Waals surface area contributed by atoms with E-state index in [2.05, 4.69) is 15.0 Å². The standard InChI is InChI=1S/C20H28N4O3/c1-5-26-16-8-6-15(7-9-16)18-21-17(27-22-18)14-23-10-12-24(13-11-23)19(25)20(2,3)4/h6-9H,5,10-14H2,1-4H3. The van der Waals surface area contributed by atoms with Crippen LogP contribution in [0.2, 0.25) is 0 Å². The highest BCUT2D eigenvalue weighted by Gasteiger charge is 2.30. The van der Waals surface area contributed by atoms with Gasteiger partial charge in [0, 0.05) is 37.2 Å². The van der Waals surface area contributed by atoms with Gasteiger partial charge in [0.05, 0.1) is 13.2 Å². The molecule has 1 saturated heterocycles. The number of hydrogen-bond acceptors (Lipinski definition) is 6. The number of benzene rings is 1. The Kier molecular flexibility index (Phi) is 5.79. The van der Waals surface area contributed by atoms with Gasteiger partial charge in [-0.2, -0.15) is 4.98 Å². The number of rotatable bonds is 5. The lowest BCUT2D eigenvalue weighted by Gasteiger charge is -2.37. The summed E-state index contributed by atoms with van der Waals surface area (Å²) < 4.78 is 10.9. The Labute approximate surface area is 160 Å². The molecule has 3 rings (SSSR count). The maximum absolute atomic E-state index is 12.4. The highest BCUT2D eigenvalue weighted by atomic mass is 16.5. The molecule has 2 heterocycles. The maximum atomic E-state index is 12.4. The molecule has 1 aromatic carbocycles. The summed E-state index contributed by atoms with van der Waals surface area (Å²) in [5, 5.41) is 4.08. The van der Waals surface area contributed by atoms with Gasteiger partial charge in [0.2, 0.25) is 17.6 Å². The molecule has 0 saturated carbocycles. The molecule has 1 amide bonds. The van der Waals surface area contributed by atoms with E-state index in [1.807, 2.05) is 56.9 Å². The minimum atomic E-state index is -0.332. The van der Waals surface area contributed by atoms with Crippen LogP contribution in [0.5, 0.6) is 5.75 Å². The Morgan fingerprint density at radius 1 is 1.15 bits per heavy atom. The minimum Gasteiger partial charge on any atom is -0.494 e. The molecule has 1 aliphatic heterocycles. The van der Waals surface area contributed by atoms with Crippen molar-refractivity contribution in [1.29, 1.82) is 0 Å². The third-order valence-corrected chi connectivity index (χ3v) is 4.55. The number of ether oxygens (including phenoxy) is 1. The second kappa shape index (κ2) is 8.08. The molecule has 0 N–H and O–H groups in total. The quantitative estimate of drug-likeness (QED) is 0.804. The molecule has 0 radical (unpaired) electrons. The van der Waals surface area contributed by atoms with Crippen molar-refractivity contribution >= 4 is 5.91 Å². The van der Waals surface area contributed by atoms with Crippen LogP contribution in [-0.4, -0.2) is 58.6 Å². The third-order valence-electron chi connectivity index (χ3n) is 4.55. The lowest BCUT2D eigenvalue weighted by atomic mass is 9.94. The summed E-state index contributed by atoms with van der Waals surface area (Å²) in [6.07, 6.45) is 0. The van der Waals surface area contributed by atoms with Crippen molar-refractivity contribution in [3.63, 3.8) is 0 Å². The lowest BCUT2D eigenvalue weighted by Crippen LogP contribution is -2.51. The van der Waals surface area contributed by atoms with Gasteiger partial charge in [0.1, 0.15) is 5.75 Å². The van der Waals surface area contributed by atoms with E-state index < -0.39 is 0 Å². The first kappa shape index (κ1) is 19.4. The third kappa shape index (κ3) is 4.86. The van der Waals surface area contributed by atoms with E-state index in [9.17, 15) is 4.79 Å². The Balaban J connectivity index is 1.55. The largest absolute Gasteiger partial charge is 0.494 e. The van der Waals surface area contributed by atoms with Gasteiger partial charge in [0.15, 0.2) is 0 Å². The maximum Gasteiger partial charge on any atom is 0.241 e. The molecule has 0 aliphatic carbocycles. The van der Waals surface area contributed by atoms with E-state index in [0.717, 1.165) is 37.5 Å². The van der Waals surface area contributed by atoms with E-state index in [-0.39, 0.29) is 11.3 Å². The first-order valence-electron chi connectivity index (χ1n) is 9.44. The molecular formula is C20H28N4O3. The predicted molar refractivity (Wildman–Crippen MR) is 102 cm³/mol. The van der Waals surface area contributed by atoms with Crippen LogP contribution in [0.25, 0.3) is 11.4 Å². The predicted octanol–water partition coefficient (Wildman–Crippen LogP) is 2.83. The molecule has 1 aliphatic rings. The normalized spacial score (nSPS) is 15.8. The van der Waals surface area contributed by atoms with Gasteiger partial charge >= 0.3 is 0 Å². The number of carbonyl (C=O) groups is 1. The molecule has 1 fully saturated rings. The van der Waals surface area contributed by atoms with Crippen LogP contribution < -0.4 is 4.74 Å². The van der Waals surface area contributed by atoms with Crippen LogP contribution in [-0.2, 0) is 11.3 Å². The smallest absolute Gasteiger partial charge is 0.241 e.